The van der Waals surface area contributed by atoms with E-state index in [1.54, 1.807) is 0 Å². The molecule has 1 aromatic heterocycles. The summed E-state index contributed by atoms with van der Waals surface area (Å²) in [6.45, 7) is 0. The van der Waals surface area contributed by atoms with E-state index in [0.29, 0.717) is 0 Å². The van der Waals surface area contributed by atoms with Gasteiger partial charge < -0.3 is 15.9 Å². The first kappa shape index (κ1) is 20.1. The number of hydrogen-bond donors (Lipinski definition) is 2. The van der Waals surface area contributed by atoms with Crippen molar-refractivity contribution in [1.29, 1.82) is 0 Å². The van der Waals surface area contributed by atoms with Gasteiger partial charge >= 0.3 is 6.18 Å². The van der Waals surface area contributed by atoms with E-state index in [-0.39, 0.29) is 11.1 Å². The zero-order chi connectivity index (χ0) is 20.7. The first-order chi connectivity index (χ1) is 13.0. The lowest BCUT2D eigenvalue weighted by Crippen LogP contribution is -2.59. The summed E-state index contributed by atoms with van der Waals surface area (Å²) in [5.74, 6) is -0.693. The molecule has 0 radical (unpaired) electrons. The van der Waals surface area contributed by atoms with Gasteiger partial charge in [-0.05, 0) is 30.3 Å². The summed E-state index contributed by atoms with van der Waals surface area (Å²) in [4.78, 5) is 10.5. The lowest BCUT2D eigenvalue weighted by molar-refractivity contribution is -0.137. The van der Waals surface area contributed by atoms with E-state index in [1.807, 2.05) is 0 Å². The second-order valence-corrected chi connectivity index (χ2v) is 8.29. The standard InChI is InChI=1S/C18H15F3N2O4S/c19-18(20,21)13-6-3-11(4-7-13)16(24)12-5-8-14(22)17(23,10-12)28(25,26)15-2-1-9-27-15/h1-10,14H,22-23H2. The van der Waals surface area contributed by atoms with Gasteiger partial charge in [0.05, 0.1) is 17.9 Å². The molecule has 1 aliphatic carbocycles. The molecule has 1 aliphatic rings. The van der Waals surface area contributed by atoms with Crippen LogP contribution in [0.4, 0.5) is 13.2 Å². The van der Waals surface area contributed by atoms with E-state index in [2.05, 4.69) is 0 Å². The van der Waals surface area contributed by atoms with Crippen molar-refractivity contribution in [2.45, 2.75) is 22.2 Å². The molecular formula is C18H15F3N2O4S. The molecule has 0 fully saturated rings. The molecule has 28 heavy (non-hydrogen) atoms. The van der Waals surface area contributed by atoms with Crippen LogP contribution in [0.25, 0.3) is 0 Å². The van der Waals surface area contributed by atoms with Crippen LogP contribution < -0.4 is 11.5 Å². The summed E-state index contributed by atoms with van der Waals surface area (Å²) < 4.78 is 68.6. The molecule has 0 aliphatic heterocycles. The molecule has 1 heterocycles. The largest absolute Gasteiger partial charge is 0.453 e. The first-order valence-corrected chi connectivity index (χ1v) is 9.41. The van der Waals surface area contributed by atoms with Gasteiger partial charge in [-0.2, -0.15) is 13.2 Å². The predicted molar refractivity (Wildman–Crippen MR) is 93.8 cm³/mol. The smallest absolute Gasteiger partial charge is 0.416 e. The van der Waals surface area contributed by atoms with Crippen LogP contribution in [0, 0.1) is 0 Å². The Labute approximate surface area is 158 Å². The van der Waals surface area contributed by atoms with Crippen molar-refractivity contribution in [1.82, 2.24) is 0 Å². The van der Waals surface area contributed by atoms with Crippen molar-refractivity contribution >= 4 is 15.6 Å². The number of ketones is 1. The Balaban J connectivity index is 1.99. The van der Waals surface area contributed by atoms with Gasteiger partial charge in [0.1, 0.15) is 0 Å². The first-order valence-electron chi connectivity index (χ1n) is 7.92. The molecule has 2 atom stereocenters. The van der Waals surface area contributed by atoms with E-state index in [9.17, 15) is 26.4 Å². The second kappa shape index (κ2) is 6.73. The van der Waals surface area contributed by atoms with Crippen LogP contribution in [0.15, 0.2) is 76.0 Å². The van der Waals surface area contributed by atoms with Gasteiger partial charge in [0, 0.05) is 11.1 Å². The minimum absolute atomic E-state index is 0.0582. The lowest BCUT2D eigenvalue weighted by Gasteiger charge is -2.32. The molecule has 2 unspecified atom stereocenters. The summed E-state index contributed by atoms with van der Waals surface area (Å²) >= 11 is 0. The Morgan fingerprint density at radius 1 is 1.14 bits per heavy atom. The van der Waals surface area contributed by atoms with E-state index < -0.39 is 43.4 Å². The highest BCUT2D eigenvalue weighted by atomic mass is 32.2. The number of furan rings is 1. The predicted octanol–water partition coefficient (Wildman–Crippen LogP) is 2.43. The third kappa shape index (κ3) is 3.30. The molecule has 0 spiro atoms. The Morgan fingerprint density at radius 3 is 2.32 bits per heavy atom. The number of alkyl halides is 3. The molecule has 148 valence electrons. The van der Waals surface area contributed by atoms with Crippen molar-refractivity contribution in [3.05, 3.63) is 77.6 Å². The molecule has 6 nitrogen and oxygen atoms in total. The molecule has 4 N–H and O–H groups in total. The highest BCUT2D eigenvalue weighted by Gasteiger charge is 2.47. The zero-order valence-electron chi connectivity index (χ0n) is 14.2. The molecule has 0 saturated carbocycles. The molecule has 2 aromatic rings. The van der Waals surface area contributed by atoms with E-state index in [1.165, 1.54) is 24.3 Å². The summed E-state index contributed by atoms with van der Waals surface area (Å²) in [6.07, 6.45) is 0.140. The Bertz CT molecular complexity index is 1060. The van der Waals surface area contributed by atoms with Gasteiger partial charge in [0.2, 0.25) is 14.9 Å². The second-order valence-electron chi connectivity index (χ2n) is 6.18. The number of nitrogens with two attached hydrogens (primary N) is 2. The fourth-order valence-corrected chi connectivity index (χ4v) is 4.22. The van der Waals surface area contributed by atoms with Crippen molar-refractivity contribution in [3.63, 3.8) is 0 Å². The Morgan fingerprint density at radius 2 is 1.79 bits per heavy atom. The minimum atomic E-state index is -4.54. The highest BCUT2D eigenvalue weighted by Crippen LogP contribution is 2.32. The topological polar surface area (TPSA) is 116 Å². The number of benzene rings is 1. The average molecular weight is 412 g/mol. The number of hydrogen-bond acceptors (Lipinski definition) is 6. The molecule has 1 aromatic carbocycles. The number of carbonyl (C=O) groups excluding carboxylic acids is 1. The Hall–Kier alpha value is -2.69. The van der Waals surface area contributed by atoms with Crippen molar-refractivity contribution in [2.75, 3.05) is 0 Å². The lowest BCUT2D eigenvalue weighted by atomic mass is 9.93. The van der Waals surface area contributed by atoms with E-state index >= 15 is 0 Å². The summed E-state index contributed by atoms with van der Waals surface area (Å²) in [6, 6.07) is 4.93. The van der Waals surface area contributed by atoms with Gasteiger partial charge in [-0.3, -0.25) is 4.79 Å². The van der Waals surface area contributed by atoms with Gasteiger partial charge in [-0.15, -0.1) is 0 Å². The molecule has 0 amide bonds. The average Bonchev–Trinajstić information content (AvgIpc) is 3.18. The minimum Gasteiger partial charge on any atom is -0.453 e. The van der Waals surface area contributed by atoms with Crippen LogP contribution in [-0.2, 0) is 16.0 Å². The number of allylic oxidation sites excluding steroid dienone is 2. The third-order valence-corrected chi connectivity index (χ3v) is 6.43. The molecule has 0 saturated heterocycles. The maximum absolute atomic E-state index is 12.8. The molecular weight excluding hydrogens is 397 g/mol. The van der Waals surface area contributed by atoms with Crippen molar-refractivity contribution in [3.8, 4) is 0 Å². The van der Waals surface area contributed by atoms with E-state index in [0.717, 1.165) is 36.6 Å². The van der Waals surface area contributed by atoms with Crippen LogP contribution in [0.3, 0.4) is 0 Å². The molecule has 10 heteroatoms. The highest BCUT2D eigenvalue weighted by molar-refractivity contribution is 7.92. The van der Waals surface area contributed by atoms with Crippen LogP contribution in [0.5, 0.6) is 0 Å². The number of Topliss-reactive ketones (excluding diaryl/α,β-unsaturated/α-hetero) is 1. The van der Waals surface area contributed by atoms with Crippen LogP contribution in [0.1, 0.15) is 15.9 Å². The SMILES string of the molecule is NC1C=CC(C(=O)c2ccc(C(F)(F)F)cc2)=CC1(N)S(=O)(=O)c1ccco1. The summed E-state index contributed by atoms with van der Waals surface area (Å²) in [5.41, 5.74) is 10.8. The fraction of sp³-hybridized carbons (Fsp3) is 0.167. The third-order valence-electron chi connectivity index (χ3n) is 4.35. The van der Waals surface area contributed by atoms with Crippen LogP contribution in [0.2, 0.25) is 0 Å². The maximum atomic E-state index is 12.8. The number of rotatable bonds is 4. The van der Waals surface area contributed by atoms with Gasteiger partial charge in [0.25, 0.3) is 0 Å². The van der Waals surface area contributed by atoms with E-state index in [4.69, 9.17) is 15.9 Å². The van der Waals surface area contributed by atoms with Crippen molar-refractivity contribution in [2.24, 2.45) is 11.5 Å². The van der Waals surface area contributed by atoms with Crippen molar-refractivity contribution < 1.29 is 30.8 Å². The quantitative estimate of drug-likeness (QED) is 0.745. The number of halogens is 3. The summed E-state index contributed by atoms with van der Waals surface area (Å²) in [7, 11) is -4.28. The number of sulfone groups is 1. The molecule has 0 bridgehead atoms. The summed E-state index contributed by atoms with van der Waals surface area (Å²) in [5, 5.41) is -0.418. The maximum Gasteiger partial charge on any atom is 0.416 e. The van der Waals surface area contributed by atoms with Gasteiger partial charge in [-0.25, -0.2) is 8.42 Å². The fourth-order valence-electron chi connectivity index (χ4n) is 2.71. The Kier molecular flexibility index (Phi) is 4.82. The van der Waals surface area contributed by atoms with Gasteiger partial charge in [0.15, 0.2) is 10.7 Å². The number of carbonyl (C=O) groups is 1. The zero-order valence-corrected chi connectivity index (χ0v) is 15.0. The monoisotopic (exact) mass is 412 g/mol. The van der Waals surface area contributed by atoms with Crippen LogP contribution >= 0.6 is 0 Å². The normalized spacial score (nSPS) is 22.8. The van der Waals surface area contributed by atoms with Crippen LogP contribution in [-0.4, -0.2) is 25.1 Å². The molecule has 3 rings (SSSR count). The van der Waals surface area contributed by atoms with Gasteiger partial charge in [-0.1, -0.05) is 24.3 Å².